The van der Waals surface area contributed by atoms with Crippen LogP contribution >= 0.6 is 0 Å². The molecule has 1 fully saturated rings. The van der Waals surface area contributed by atoms with Crippen LogP contribution in [0.25, 0.3) is 0 Å². The van der Waals surface area contributed by atoms with Crippen LogP contribution in [0.4, 0.5) is 0 Å². The van der Waals surface area contributed by atoms with Gasteiger partial charge in [-0.05, 0) is 51.4 Å². The van der Waals surface area contributed by atoms with Gasteiger partial charge in [0.05, 0.1) is 6.10 Å². The van der Waals surface area contributed by atoms with Crippen LogP contribution in [0.2, 0.25) is 0 Å². The second-order valence-corrected chi connectivity index (χ2v) is 8.38. The van der Waals surface area contributed by atoms with Crippen LogP contribution in [0.1, 0.15) is 60.8 Å². The highest BCUT2D eigenvalue weighted by atomic mass is 28.4. The second-order valence-electron chi connectivity index (χ2n) is 6.28. The smallest absolute Gasteiger partial charge is 0.351 e. The van der Waals surface area contributed by atoms with Crippen molar-refractivity contribution in [1.82, 2.24) is 0 Å². The van der Waals surface area contributed by atoms with E-state index in [9.17, 15) is 0 Å². The third kappa shape index (κ3) is 5.64. The van der Waals surface area contributed by atoms with Gasteiger partial charge in [0, 0.05) is 19.8 Å². The highest BCUT2D eigenvalue weighted by Crippen LogP contribution is 2.37. The molecule has 0 N–H and O–H groups in total. The predicted octanol–water partition coefficient (Wildman–Crippen LogP) is 4.01. The van der Waals surface area contributed by atoms with Gasteiger partial charge in [-0.3, -0.25) is 0 Å². The zero-order chi connectivity index (χ0) is 15.9. The van der Waals surface area contributed by atoms with E-state index in [0.717, 1.165) is 6.42 Å². The molecule has 0 heterocycles. The van der Waals surface area contributed by atoms with Gasteiger partial charge in [-0.25, -0.2) is 0 Å². The molecule has 1 rings (SSSR count). The molecule has 5 heteroatoms. The summed E-state index contributed by atoms with van der Waals surface area (Å²) in [4.78, 5) is 0. The van der Waals surface area contributed by atoms with Crippen LogP contribution in [0.15, 0.2) is 0 Å². The zero-order valence-electron chi connectivity index (χ0n) is 14.7. The Kier molecular flexibility index (Phi) is 8.42. The van der Waals surface area contributed by atoms with E-state index < -0.39 is 9.05 Å². The van der Waals surface area contributed by atoms with Crippen LogP contribution in [0.5, 0.6) is 0 Å². The molecule has 0 aromatic rings. The Morgan fingerprint density at radius 3 is 1.90 bits per heavy atom. The first-order valence-corrected chi connectivity index (χ1v) is 10.2. The van der Waals surface area contributed by atoms with Gasteiger partial charge in [0.15, 0.2) is 0 Å². The first-order chi connectivity index (χ1) is 9.98. The van der Waals surface area contributed by atoms with E-state index in [4.69, 9.17) is 17.7 Å². The minimum Gasteiger partial charge on any atom is -0.351 e. The molecule has 1 saturated carbocycles. The van der Waals surface area contributed by atoms with Gasteiger partial charge < -0.3 is 17.7 Å². The molecular formula is C16H34O4Si. The number of hydrogen-bond donors (Lipinski definition) is 0. The Hall–Kier alpha value is 0.0569. The van der Waals surface area contributed by atoms with Gasteiger partial charge in [-0.15, -0.1) is 0 Å². The van der Waals surface area contributed by atoms with Crippen LogP contribution in [0, 0.1) is 17.8 Å². The summed E-state index contributed by atoms with van der Waals surface area (Å²) < 4.78 is 24.0. The molecule has 4 nitrogen and oxygen atoms in total. The lowest BCUT2D eigenvalue weighted by molar-refractivity contribution is -0.0824. The summed E-state index contributed by atoms with van der Waals surface area (Å²) in [5.74, 6) is 1.87. The van der Waals surface area contributed by atoms with Gasteiger partial charge >= 0.3 is 9.05 Å². The fourth-order valence-corrected chi connectivity index (χ4v) is 5.35. The summed E-state index contributed by atoms with van der Waals surface area (Å²) in [5.41, 5.74) is 0. The topological polar surface area (TPSA) is 36.9 Å². The molecule has 3 atom stereocenters. The van der Waals surface area contributed by atoms with Crippen LogP contribution in [-0.4, -0.2) is 35.0 Å². The van der Waals surface area contributed by atoms with Gasteiger partial charge in [0.1, 0.15) is 0 Å². The summed E-state index contributed by atoms with van der Waals surface area (Å²) in [6, 6.07) is 0. The largest absolute Gasteiger partial charge is 0.679 e. The molecule has 0 radical (unpaired) electrons. The maximum atomic E-state index is 6.42. The lowest BCUT2D eigenvalue weighted by atomic mass is 9.75. The average Bonchev–Trinajstić information content (AvgIpc) is 2.39. The summed E-state index contributed by atoms with van der Waals surface area (Å²) in [7, 11) is -3.00. The van der Waals surface area contributed by atoms with E-state index in [1.165, 1.54) is 12.8 Å². The molecular weight excluding hydrogens is 284 g/mol. The third-order valence-corrected chi connectivity index (χ3v) is 6.74. The van der Waals surface area contributed by atoms with E-state index in [1.54, 1.807) is 0 Å². The van der Waals surface area contributed by atoms with Crippen molar-refractivity contribution in [3.63, 3.8) is 0 Å². The minimum atomic E-state index is -3.00. The summed E-state index contributed by atoms with van der Waals surface area (Å²) >= 11 is 0. The monoisotopic (exact) mass is 318 g/mol. The van der Waals surface area contributed by atoms with Crippen LogP contribution < -0.4 is 0 Å². The number of rotatable bonds is 9. The minimum absolute atomic E-state index is 0.185. The van der Waals surface area contributed by atoms with Crippen molar-refractivity contribution in [1.29, 1.82) is 0 Å². The Bertz CT molecular complexity index is 268. The quantitative estimate of drug-likeness (QED) is 0.602. The van der Waals surface area contributed by atoms with Crippen molar-refractivity contribution in [2.75, 3.05) is 19.8 Å². The maximum Gasteiger partial charge on any atom is 0.679 e. The first kappa shape index (κ1) is 19.1. The van der Waals surface area contributed by atoms with Gasteiger partial charge in [0.25, 0.3) is 0 Å². The maximum absolute atomic E-state index is 6.42. The highest BCUT2D eigenvalue weighted by molar-refractivity contribution is 6.53. The third-order valence-electron chi connectivity index (χ3n) is 4.22. The Morgan fingerprint density at radius 2 is 1.48 bits per heavy atom. The van der Waals surface area contributed by atoms with Crippen molar-refractivity contribution < 1.29 is 17.7 Å². The second kappa shape index (κ2) is 9.25. The lowest BCUT2D eigenvalue weighted by Gasteiger charge is -2.40. The van der Waals surface area contributed by atoms with Crippen LogP contribution in [0.3, 0.4) is 0 Å². The van der Waals surface area contributed by atoms with Gasteiger partial charge in [-0.1, -0.05) is 27.2 Å². The average molecular weight is 319 g/mol. The number of hydrogen-bond acceptors (Lipinski definition) is 4. The van der Waals surface area contributed by atoms with E-state index >= 15 is 0 Å². The molecule has 0 aromatic carbocycles. The fourth-order valence-electron chi connectivity index (χ4n) is 3.19. The Labute approximate surface area is 132 Å². The molecule has 0 saturated heterocycles. The summed E-state index contributed by atoms with van der Waals surface area (Å²) in [6.45, 7) is 14.4. The first-order valence-electron chi connectivity index (χ1n) is 8.57. The predicted molar refractivity (Wildman–Crippen MR) is 86.8 cm³/mol. The van der Waals surface area contributed by atoms with E-state index in [-0.39, 0.29) is 6.10 Å². The van der Waals surface area contributed by atoms with Crippen molar-refractivity contribution in [2.24, 2.45) is 17.8 Å². The lowest BCUT2D eigenvalue weighted by Crippen LogP contribution is -2.54. The van der Waals surface area contributed by atoms with Gasteiger partial charge in [-0.2, -0.15) is 0 Å². The molecule has 1 aliphatic carbocycles. The zero-order valence-corrected chi connectivity index (χ0v) is 15.7. The molecule has 0 unspecified atom stereocenters. The molecule has 0 bridgehead atoms. The summed E-state index contributed by atoms with van der Waals surface area (Å²) in [5, 5.41) is 0. The SMILES string of the molecule is CCO[Si](OCC)(OCC)O[C@@H]1C[C@H](C)CC[C@H]1C(C)C. The molecule has 21 heavy (non-hydrogen) atoms. The van der Waals surface area contributed by atoms with Crippen molar-refractivity contribution in [2.45, 2.75) is 66.9 Å². The highest BCUT2D eigenvalue weighted by Gasteiger charge is 2.49. The van der Waals surface area contributed by atoms with Gasteiger partial charge in [0.2, 0.25) is 0 Å². The van der Waals surface area contributed by atoms with E-state index in [2.05, 4.69) is 20.8 Å². The Morgan fingerprint density at radius 1 is 0.952 bits per heavy atom. The van der Waals surface area contributed by atoms with Crippen molar-refractivity contribution in [3.05, 3.63) is 0 Å². The molecule has 0 aromatic heterocycles. The van der Waals surface area contributed by atoms with E-state index in [0.29, 0.717) is 37.6 Å². The fraction of sp³-hybridized carbons (Fsp3) is 1.00. The van der Waals surface area contributed by atoms with Crippen molar-refractivity contribution >= 4 is 9.05 Å². The molecule has 126 valence electrons. The van der Waals surface area contributed by atoms with E-state index in [1.807, 2.05) is 20.8 Å². The van der Waals surface area contributed by atoms with Crippen LogP contribution in [-0.2, 0) is 17.7 Å². The normalized spacial score (nSPS) is 27.3. The summed E-state index contributed by atoms with van der Waals surface area (Å²) in [6.07, 6.45) is 3.77. The Balaban J connectivity index is 2.85. The molecule has 1 aliphatic rings. The molecule has 0 amide bonds. The molecule has 0 aliphatic heterocycles. The molecule has 0 spiro atoms. The van der Waals surface area contributed by atoms with Crippen molar-refractivity contribution in [3.8, 4) is 0 Å². The standard InChI is InChI=1S/C16H34O4Si/c1-7-17-21(18-8-2,19-9-3)20-16-12-14(6)10-11-15(16)13(4)5/h13-16H,7-12H2,1-6H3/t14-,15+,16-/m1/s1.